The highest BCUT2D eigenvalue weighted by molar-refractivity contribution is 6.73. The molecule has 0 bridgehead atoms. The van der Waals surface area contributed by atoms with E-state index in [9.17, 15) is 14.7 Å². The lowest BCUT2D eigenvalue weighted by Gasteiger charge is -2.71. The summed E-state index contributed by atoms with van der Waals surface area (Å²) in [5.41, 5.74) is 0.551. The predicted molar refractivity (Wildman–Crippen MR) is 169 cm³/mol. The summed E-state index contributed by atoms with van der Waals surface area (Å²) >= 11 is 0. The van der Waals surface area contributed by atoms with Gasteiger partial charge in [0.2, 0.25) is 0 Å². The van der Waals surface area contributed by atoms with Crippen LogP contribution in [0.3, 0.4) is 0 Å². The summed E-state index contributed by atoms with van der Waals surface area (Å²) in [4.78, 5) is 26.8. The molecule has 0 aliphatic heterocycles. The maximum absolute atomic E-state index is 13.6. The number of carbonyl (C=O) groups excluding carboxylic acids is 1. The maximum Gasteiger partial charge on any atom is 0.312 e. The lowest BCUT2D eigenvalue weighted by Crippen LogP contribution is -2.68. The first-order valence-corrected chi connectivity index (χ1v) is 19.6. The van der Waals surface area contributed by atoms with Gasteiger partial charge in [-0.2, -0.15) is 0 Å². The highest BCUT2D eigenvalue weighted by Crippen LogP contribution is 2.76. The minimum Gasteiger partial charge on any atom is -0.481 e. The minimum absolute atomic E-state index is 0.0254. The molecular weight excluding hydrogens is 524 g/mol. The van der Waals surface area contributed by atoms with E-state index in [0.717, 1.165) is 69.5 Å². The van der Waals surface area contributed by atoms with Crippen molar-refractivity contribution in [3.63, 3.8) is 0 Å². The number of allylic oxidation sites excluding steroid dienone is 2. The number of carboxylic acid groups (broad SMARTS) is 1. The highest BCUT2D eigenvalue weighted by Gasteiger charge is 2.72. The maximum atomic E-state index is 13.6. The monoisotopic (exact) mass is 584 g/mol. The molecule has 232 valence electrons. The van der Waals surface area contributed by atoms with Gasteiger partial charge in [-0.25, -0.2) is 0 Å². The molecule has 5 aliphatic rings. The largest absolute Gasteiger partial charge is 0.481 e. The number of fused-ring (bicyclic) bond motifs is 7. The summed E-state index contributed by atoms with van der Waals surface area (Å²) in [6, 6.07) is 3.14. The second-order valence-corrected chi connectivity index (χ2v) is 22.0. The van der Waals surface area contributed by atoms with Crippen LogP contribution in [0.5, 0.6) is 0 Å². The van der Waals surface area contributed by atoms with Crippen LogP contribution in [0.4, 0.5) is 0 Å². The Bertz CT molecular complexity index is 1110. The second kappa shape index (κ2) is 9.78. The van der Waals surface area contributed by atoms with Crippen molar-refractivity contribution in [2.45, 2.75) is 151 Å². The molecule has 0 spiro atoms. The van der Waals surface area contributed by atoms with E-state index in [0.29, 0.717) is 24.0 Å². The highest BCUT2D eigenvalue weighted by atomic mass is 28.4. The van der Waals surface area contributed by atoms with Crippen LogP contribution in [0.1, 0.15) is 127 Å². The van der Waals surface area contributed by atoms with Gasteiger partial charge in [-0.1, -0.05) is 80.9 Å². The van der Waals surface area contributed by atoms with Gasteiger partial charge < -0.3 is 9.53 Å². The zero-order valence-electron chi connectivity index (χ0n) is 28.0. The molecule has 0 radical (unpaired) electrons. The number of hydrogen-bond donors (Lipinski definition) is 1. The van der Waals surface area contributed by atoms with Crippen LogP contribution in [0.15, 0.2) is 11.6 Å². The molecular formula is C36H60O4Si. The third kappa shape index (κ3) is 4.12. The smallest absolute Gasteiger partial charge is 0.312 e. The Hall–Kier alpha value is -0.943. The summed E-state index contributed by atoms with van der Waals surface area (Å²) in [6.45, 7) is 23.6. The summed E-state index contributed by atoms with van der Waals surface area (Å²) in [5, 5.41) is 11.2. The molecule has 4 fully saturated rings. The quantitative estimate of drug-likeness (QED) is 0.249. The van der Waals surface area contributed by atoms with Crippen LogP contribution < -0.4 is 0 Å². The van der Waals surface area contributed by atoms with Gasteiger partial charge in [-0.15, -0.1) is 0 Å². The third-order valence-electron chi connectivity index (χ3n) is 15.1. The average molecular weight is 585 g/mol. The van der Waals surface area contributed by atoms with Crippen molar-refractivity contribution in [1.29, 1.82) is 0 Å². The summed E-state index contributed by atoms with van der Waals surface area (Å²) in [5.74, 6) is 0.763. The Labute approximate surface area is 252 Å². The number of ketones is 1. The number of hydrogen-bond acceptors (Lipinski definition) is 3. The molecule has 0 aromatic heterocycles. The number of rotatable bonds is 6. The molecule has 4 nitrogen and oxygen atoms in total. The molecule has 5 heteroatoms. The van der Waals surface area contributed by atoms with E-state index in [4.69, 9.17) is 4.43 Å². The van der Waals surface area contributed by atoms with Crippen LogP contribution >= 0.6 is 0 Å². The summed E-state index contributed by atoms with van der Waals surface area (Å²) in [6.07, 6.45) is 10.7. The topological polar surface area (TPSA) is 63.6 Å². The Morgan fingerprint density at radius 2 is 1.56 bits per heavy atom. The van der Waals surface area contributed by atoms with E-state index < -0.39 is 19.7 Å². The van der Waals surface area contributed by atoms with Gasteiger partial charge in [-0.3, -0.25) is 9.59 Å². The number of aliphatic carboxylic acids is 1. The van der Waals surface area contributed by atoms with Crippen LogP contribution in [0.25, 0.3) is 0 Å². The first kappa shape index (κ1) is 31.5. The predicted octanol–water partition coefficient (Wildman–Crippen LogP) is 9.44. The number of Topliss-reactive ketones (excluding diaryl/α,β-unsaturated/α-hetero) is 1. The zero-order valence-corrected chi connectivity index (χ0v) is 29.0. The Morgan fingerprint density at radius 1 is 0.927 bits per heavy atom. The molecule has 4 saturated carbocycles. The summed E-state index contributed by atoms with van der Waals surface area (Å²) < 4.78 is 7.43. The SMILES string of the molecule is CC[Si](CC)(CC)O[C@@H]1C[C@]2(C)C(=CC[C@@H]3[C@@]4(C)CCC(=O)C(C)(C)[C@@H]4CC[C@]32C)[C@@H]2CC(C)(C)CC[C@]12C(=O)O. The lowest BCUT2D eigenvalue weighted by atomic mass is 9.33. The fraction of sp³-hybridized carbons (Fsp3) is 0.889. The first-order chi connectivity index (χ1) is 18.9. The van der Waals surface area contributed by atoms with Gasteiger partial charge in [-0.05, 0) is 109 Å². The molecule has 0 aromatic carbocycles. The summed E-state index contributed by atoms with van der Waals surface area (Å²) in [7, 11) is -2.06. The van der Waals surface area contributed by atoms with Gasteiger partial charge in [0, 0.05) is 11.8 Å². The van der Waals surface area contributed by atoms with E-state index in [1.807, 2.05) is 0 Å². The van der Waals surface area contributed by atoms with Gasteiger partial charge in [0.25, 0.3) is 0 Å². The molecule has 1 N–H and O–H groups in total. The fourth-order valence-corrected chi connectivity index (χ4v) is 14.8. The van der Waals surface area contributed by atoms with Crippen molar-refractivity contribution in [2.24, 2.45) is 50.2 Å². The van der Waals surface area contributed by atoms with Crippen molar-refractivity contribution >= 4 is 20.1 Å². The lowest BCUT2D eigenvalue weighted by molar-refractivity contribution is -0.204. The fourth-order valence-electron chi connectivity index (χ4n) is 11.9. The number of carbonyl (C=O) groups is 2. The Balaban J connectivity index is 1.68. The molecule has 0 aromatic rings. The van der Waals surface area contributed by atoms with Crippen LogP contribution in [0, 0.1) is 50.2 Å². The van der Waals surface area contributed by atoms with Crippen molar-refractivity contribution in [2.75, 3.05) is 0 Å². The molecule has 0 unspecified atom stereocenters. The van der Waals surface area contributed by atoms with Crippen LogP contribution in [-0.2, 0) is 14.0 Å². The molecule has 5 rings (SSSR count). The van der Waals surface area contributed by atoms with E-state index in [-0.39, 0.29) is 39.1 Å². The molecule has 5 aliphatic carbocycles. The Morgan fingerprint density at radius 3 is 2.15 bits per heavy atom. The number of carboxylic acids is 1. The van der Waals surface area contributed by atoms with E-state index in [1.54, 1.807) is 0 Å². The van der Waals surface area contributed by atoms with Crippen molar-refractivity contribution in [3.05, 3.63) is 11.6 Å². The van der Waals surface area contributed by atoms with Gasteiger partial charge in [0.15, 0.2) is 8.32 Å². The molecule has 0 amide bonds. The van der Waals surface area contributed by atoms with Crippen LogP contribution in [0.2, 0.25) is 18.1 Å². The molecule has 0 heterocycles. The van der Waals surface area contributed by atoms with E-state index in [2.05, 4.69) is 75.3 Å². The third-order valence-corrected chi connectivity index (χ3v) is 19.8. The van der Waals surface area contributed by atoms with Gasteiger partial charge in [0.05, 0.1) is 11.5 Å². The molecule has 0 saturated heterocycles. The standard InChI is InChI=1S/C36H60O4Si/c1-11-41(12-2,13-3)40-29-23-35(10)24(25-22-31(4,5)20-21-36(25,29)30(38)39)14-15-27-33(8)18-17-28(37)32(6,7)26(33)16-19-34(27,35)9/h14,25-27,29H,11-13,15-23H2,1-10H3,(H,38,39)/t25-,26-,27+,29+,33-,34+,35+,36+/m0/s1. The van der Waals surface area contributed by atoms with E-state index >= 15 is 0 Å². The first-order valence-electron chi connectivity index (χ1n) is 17.1. The van der Waals surface area contributed by atoms with Crippen molar-refractivity contribution in [1.82, 2.24) is 0 Å². The van der Waals surface area contributed by atoms with Gasteiger partial charge >= 0.3 is 5.97 Å². The normalized spacial score (nSPS) is 45.0. The Kier molecular flexibility index (Phi) is 7.51. The molecule has 41 heavy (non-hydrogen) atoms. The van der Waals surface area contributed by atoms with Crippen LogP contribution in [-0.4, -0.2) is 31.3 Å². The average Bonchev–Trinajstić information content (AvgIpc) is 2.89. The van der Waals surface area contributed by atoms with Crippen molar-refractivity contribution < 1.29 is 19.1 Å². The second-order valence-electron chi connectivity index (χ2n) is 17.3. The van der Waals surface area contributed by atoms with Crippen molar-refractivity contribution in [3.8, 4) is 0 Å². The van der Waals surface area contributed by atoms with E-state index in [1.165, 1.54) is 5.57 Å². The molecule has 8 atom stereocenters. The minimum atomic E-state index is -2.06. The zero-order chi connectivity index (χ0) is 30.4. The van der Waals surface area contributed by atoms with Gasteiger partial charge in [0.1, 0.15) is 5.78 Å².